The number of benzene rings is 2. The third kappa shape index (κ3) is 8.09. The van der Waals surface area contributed by atoms with E-state index in [0.29, 0.717) is 16.9 Å². The molecule has 0 aliphatic heterocycles. The Hall–Kier alpha value is -5.86. The number of carboxylic acids is 2. The van der Waals surface area contributed by atoms with Crippen LogP contribution in [0.1, 0.15) is 57.0 Å². The molecule has 0 aliphatic carbocycles. The number of nitrogens with zero attached hydrogens (tertiary/aromatic N) is 4. The van der Waals surface area contributed by atoms with Crippen LogP contribution < -0.4 is 27.4 Å². The van der Waals surface area contributed by atoms with Gasteiger partial charge in [0, 0.05) is 17.8 Å². The lowest BCUT2D eigenvalue weighted by atomic mass is 10.1. The van der Waals surface area contributed by atoms with Crippen molar-refractivity contribution in [2.45, 2.75) is 32.9 Å². The topological polar surface area (TPSA) is 248 Å². The van der Waals surface area contributed by atoms with Gasteiger partial charge >= 0.3 is 11.9 Å². The van der Waals surface area contributed by atoms with Gasteiger partial charge in [-0.15, -0.1) is 0 Å². The summed E-state index contributed by atoms with van der Waals surface area (Å²) in [6, 6.07) is 11.0. The van der Waals surface area contributed by atoms with Crippen LogP contribution in [0.4, 0.5) is 17.5 Å². The van der Waals surface area contributed by atoms with Gasteiger partial charge in [-0.2, -0.15) is 9.97 Å². The number of carboxylic acid groups (broad SMARTS) is 2. The van der Waals surface area contributed by atoms with E-state index < -0.39 is 29.8 Å². The van der Waals surface area contributed by atoms with Gasteiger partial charge in [0.1, 0.15) is 6.04 Å². The average molecular weight is 590 g/mol. The molecule has 1 atom stereocenters. The second-order valence-electron chi connectivity index (χ2n) is 9.04. The molecular formula is C28H31N9O6. The first-order chi connectivity index (χ1) is 20.1. The zero-order chi connectivity index (χ0) is 30.2. The number of anilines is 3. The van der Waals surface area contributed by atoms with Crippen molar-refractivity contribution < 1.29 is 29.4 Å². The number of nitrogens with two attached hydrogens (primary N) is 2. The first-order valence-corrected chi connectivity index (χ1v) is 12.6. The Morgan fingerprint density at radius 2 is 1.58 bits per heavy atom. The number of rotatable bonds is 12. The van der Waals surface area contributed by atoms with E-state index in [1.165, 1.54) is 36.5 Å². The predicted octanol–water partition coefficient (Wildman–Crippen LogP) is 1.92. The Bertz CT molecular complexity index is 1650. The number of carbonyl (C=O) groups is 4. The number of amides is 2. The lowest BCUT2D eigenvalue weighted by Crippen LogP contribution is -2.41. The molecule has 15 nitrogen and oxygen atoms in total. The minimum atomic E-state index is -1.23. The van der Waals surface area contributed by atoms with E-state index in [1.807, 2.05) is 0 Å². The number of carbonyl (C=O) groups excluding carboxylic acids is 2. The molecule has 43 heavy (non-hydrogen) atoms. The number of nitrogens with one attached hydrogen (secondary N) is 3. The van der Waals surface area contributed by atoms with Gasteiger partial charge in [0.15, 0.2) is 17.0 Å². The van der Waals surface area contributed by atoms with Crippen molar-refractivity contribution in [3.05, 3.63) is 77.1 Å². The second kappa shape index (κ2) is 14.2. The molecule has 0 unspecified atom stereocenters. The summed E-state index contributed by atoms with van der Waals surface area (Å²) in [6.45, 7) is 0.375. The van der Waals surface area contributed by atoms with E-state index >= 15 is 0 Å². The molecular weight excluding hydrogens is 558 g/mol. The van der Waals surface area contributed by atoms with Crippen LogP contribution in [0.5, 0.6) is 0 Å². The van der Waals surface area contributed by atoms with Crippen molar-refractivity contribution in [3.63, 3.8) is 0 Å². The molecule has 0 saturated carbocycles. The summed E-state index contributed by atoms with van der Waals surface area (Å²) >= 11 is 0. The molecule has 4 rings (SSSR count). The Morgan fingerprint density at radius 1 is 0.884 bits per heavy atom. The van der Waals surface area contributed by atoms with Gasteiger partial charge < -0.3 is 37.6 Å². The van der Waals surface area contributed by atoms with Gasteiger partial charge in [0.25, 0.3) is 11.8 Å². The molecule has 2 heterocycles. The van der Waals surface area contributed by atoms with E-state index in [2.05, 4.69) is 35.9 Å². The maximum atomic E-state index is 12.7. The molecule has 15 heteroatoms. The fraction of sp³-hybridized carbons (Fsp3) is 0.214. The zero-order valence-electron chi connectivity index (χ0n) is 22.1. The fourth-order valence-electron chi connectivity index (χ4n) is 3.97. The van der Waals surface area contributed by atoms with Crippen molar-refractivity contribution in [3.8, 4) is 0 Å². The Balaban J connectivity index is 0.00000506. The molecule has 0 bridgehead atoms. The molecule has 2 amide bonds. The highest BCUT2D eigenvalue weighted by atomic mass is 16.4. The highest BCUT2D eigenvalue weighted by Gasteiger charge is 2.21. The van der Waals surface area contributed by atoms with Crippen LogP contribution in [0, 0.1) is 0 Å². The smallest absolute Gasteiger partial charge is 0.336 e. The van der Waals surface area contributed by atoms with Crippen molar-refractivity contribution in [2.75, 3.05) is 23.3 Å². The van der Waals surface area contributed by atoms with Gasteiger partial charge in [-0.3, -0.25) is 9.59 Å². The van der Waals surface area contributed by atoms with Gasteiger partial charge in [-0.25, -0.2) is 19.6 Å². The number of hydrogen-bond donors (Lipinski definition) is 7. The second-order valence-corrected chi connectivity index (χ2v) is 9.04. The number of fused-ring (bicyclic) bond motifs is 1. The molecule has 4 aromatic rings. The molecule has 0 spiro atoms. The lowest BCUT2D eigenvalue weighted by molar-refractivity contribution is -0.139. The summed E-state index contributed by atoms with van der Waals surface area (Å²) in [5.41, 5.74) is 13.4. The summed E-state index contributed by atoms with van der Waals surface area (Å²) in [5, 5.41) is 27.0. The van der Waals surface area contributed by atoms with Gasteiger partial charge in [0.2, 0.25) is 5.95 Å². The lowest BCUT2D eigenvalue weighted by Gasteiger charge is -2.15. The van der Waals surface area contributed by atoms with Crippen molar-refractivity contribution >= 4 is 52.4 Å². The van der Waals surface area contributed by atoms with Crippen LogP contribution in [0.15, 0.2) is 54.7 Å². The fourth-order valence-corrected chi connectivity index (χ4v) is 3.97. The maximum absolute atomic E-state index is 12.7. The molecule has 0 fully saturated rings. The first-order valence-electron chi connectivity index (χ1n) is 12.6. The highest BCUT2D eigenvalue weighted by molar-refractivity contribution is 6.04. The van der Waals surface area contributed by atoms with Gasteiger partial charge in [-0.05, 0) is 49.2 Å². The van der Waals surface area contributed by atoms with E-state index in [4.69, 9.17) is 11.5 Å². The standard InChI is InChI=1S/C27H27N9O6.CH4/c28-21-20-22(36-27(29)35-21)32-13-16(33-20)12-31-15-9-7-14(8-10-15)23(37)34-19(26(41)42)6-3-11-30-24(38)17-4-1-2-5-18(17)25(39)40;/h1-2,4-5,7-10,13,19,31H,3,6,11-12H2,(H,30,38)(H,34,37)(H,39,40)(H,41,42)(H4,28,29,32,35,36);1H4/t19-;/m0./s1. The number of nitrogen functional groups attached to an aromatic ring is 2. The number of aliphatic carboxylic acids is 1. The maximum Gasteiger partial charge on any atom is 0.336 e. The molecule has 0 radical (unpaired) electrons. The van der Waals surface area contributed by atoms with E-state index in [1.54, 1.807) is 18.2 Å². The molecule has 2 aromatic carbocycles. The van der Waals surface area contributed by atoms with E-state index in [0.717, 1.165) is 0 Å². The first kappa shape index (κ1) is 31.7. The van der Waals surface area contributed by atoms with E-state index in [9.17, 15) is 29.4 Å². The van der Waals surface area contributed by atoms with Crippen molar-refractivity contribution in [1.82, 2.24) is 30.6 Å². The summed E-state index contributed by atoms with van der Waals surface area (Å²) in [5.74, 6) is -3.51. The van der Waals surface area contributed by atoms with Gasteiger partial charge in [0.05, 0.1) is 29.6 Å². The van der Waals surface area contributed by atoms with Crippen LogP contribution in [-0.4, -0.2) is 66.5 Å². The Labute approximate surface area is 245 Å². The highest BCUT2D eigenvalue weighted by Crippen LogP contribution is 2.16. The summed E-state index contributed by atoms with van der Waals surface area (Å²) in [6.07, 6.45) is 1.79. The summed E-state index contributed by atoms with van der Waals surface area (Å²) < 4.78 is 0. The summed E-state index contributed by atoms with van der Waals surface area (Å²) in [4.78, 5) is 64.5. The third-order valence-corrected chi connectivity index (χ3v) is 6.08. The summed E-state index contributed by atoms with van der Waals surface area (Å²) in [7, 11) is 0. The predicted molar refractivity (Wildman–Crippen MR) is 158 cm³/mol. The monoisotopic (exact) mass is 589 g/mol. The number of aromatic carboxylic acids is 1. The molecule has 9 N–H and O–H groups in total. The largest absolute Gasteiger partial charge is 0.480 e. The van der Waals surface area contributed by atoms with Crippen molar-refractivity contribution in [2.24, 2.45) is 0 Å². The molecule has 2 aromatic heterocycles. The van der Waals surface area contributed by atoms with Crippen LogP contribution in [0.3, 0.4) is 0 Å². The van der Waals surface area contributed by atoms with Gasteiger partial charge in [-0.1, -0.05) is 19.6 Å². The van der Waals surface area contributed by atoms with Crippen LogP contribution in [0.25, 0.3) is 11.2 Å². The Kier molecular flexibility index (Phi) is 10.4. The van der Waals surface area contributed by atoms with Crippen LogP contribution >= 0.6 is 0 Å². The average Bonchev–Trinajstić information content (AvgIpc) is 2.97. The Morgan fingerprint density at radius 3 is 2.26 bits per heavy atom. The molecule has 0 saturated heterocycles. The molecule has 224 valence electrons. The normalized spacial score (nSPS) is 11.2. The molecule has 0 aliphatic rings. The van der Waals surface area contributed by atoms with Crippen molar-refractivity contribution in [1.29, 1.82) is 0 Å². The minimum Gasteiger partial charge on any atom is -0.480 e. The van der Waals surface area contributed by atoms with Crippen LogP contribution in [0.2, 0.25) is 0 Å². The zero-order valence-corrected chi connectivity index (χ0v) is 22.1. The number of hydrogen-bond acceptors (Lipinski definition) is 11. The van der Waals surface area contributed by atoms with E-state index in [-0.39, 0.29) is 67.5 Å². The minimum absolute atomic E-state index is 0. The SMILES string of the molecule is C.Nc1nc(N)c2nc(CNc3ccc(C(=O)N[C@@H](CCCNC(=O)c4ccccc4C(=O)O)C(=O)O)cc3)cnc2n1. The quantitative estimate of drug-likeness (QED) is 0.117. The number of aromatic nitrogens is 4. The third-order valence-electron chi connectivity index (χ3n) is 6.08. The van der Waals surface area contributed by atoms with Crippen LogP contribution in [-0.2, 0) is 11.3 Å².